The third-order valence-corrected chi connectivity index (χ3v) is 4.81. The van der Waals surface area contributed by atoms with Gasteiger partial charge in [-0.3, -0.25) is 0 Å². The van der Waals surface area contributed by atoms with Crippen LogP contribution in [0.5, 0.6) is 0 Å². The molecule has 1 aliphatic heterocycles. The number of esters is 2. The molecule has 29 heavy (non-hydrogen) atoms. The third-order valence-electron chi connectivity index (χ3n) is 4.46. The van der Waals surface area contributed by atoms with Crippen molar-refractivity contribution in [2.24, 2.45) is 11.0 Å². The lowest BCUT2D eigenvalue weighted by molar-refractivity contribution is -0.137. The van der Waals surface area contributed by atoms with Crippen LogP contribution in [0.2, 0.25) is 5.02 Å². The lowest BCUT2D eigenvalue weighted by atomic mass is 9.80. The van der Waals surface area contributed by atoms with Crippen molar-refractivity contribution in [3.8, 4) is 0 Å². The van der Waals surface area contributed by atoms with E-state index < -0.39 is 17.9 Å². The second kappa shape index (κ2) is 10.1. The normalized spacial score (nSPS) is 16.7. The van der Waals surface area contributed by atoms with Gasteiger partial charge in [-0.1, -0.05) is 29.8 Å². The topological polar surface area (TPSA) is 121 Å². The highest BCUT2D eigenvalue weighted by Crippen LogP contribution is 2.45. The zero-order valence-corrected chi connectivity index (χ0v) is 17.1. The molecule has 2 rings (SSSR count). The molecular weight excluding hydrogens is 402 g/mol. The average Bonchev–Trinajstić information content (AvgIpc) is 2.73. The summed E-state index contributed by atoms with van der Waals surface area (Å²) in [5.74, 6) is -2.44. The van der Waals surface area contributed by atoms with Crippen molar-refractivity contribution in [1.82, 2.24) is 5.01 Å². The van der Waals surface area contributed by atoms with E-state index in [1.807, 2.05) is 0 Å². The number of benzene rings is 1. The van der Waals surface area contributed by atoms with E-state index in [0.717, 1.165) is 5.01 Å². The number of nitroso groups, excluding NO2 is 1. The Morgan fingerprint density at radius 3 is 2.34 bits per heavy atom. The molecule has 10 heteroatoms. The minimum absolute atomic E-state index is 0.00298. The van der Waals surface area contributed by atoms with Gasteiger partial charge in [0, 0.05) is 11.6 Å². The molecule has 9 nitrogen and oxygen atoms in total. The quantitative estimate of drug-likeness (QED) is 0.384. The highest BCUT2D eigenvalue weighted by atomic mass is 35.5. The number of methoxy groups -OCH3 is 2. The van der Waals surface area contributed by atoms with Crippen LogP contribution in [-0.4, -0.2) is 50.9 Å². The summed E-state index contributed by atoms with van der Waals surface area (Å²) in [5.41, 5.74) is 6.30. The van der Waals surface area contributed by atoms with Crippen LogP contribution in [0.15, 0.2) is 52.1 Å². The Balaban J connectivity index is 2.83. The standard InChI is InChI=1S/C19H22ClN3O6/c1-11-15(18(24)27-2)16(12-6-4-5-7-13(12)20)17(19(25)28-3)14(23(11)22-26)10-29-9-8-21/h4-7,16H,8-10,21H2,1-3H3. The summed E-state index contributed by atoms with van der Waals surface area (Å²) in [6, 6.07) is 6.74. The molecule has 1 aliphatic rings. The van der Waals surface area contributed by atoms with Gasteiger partial charge >= 0.3 is 11.9 Å². The maximum absolute atomic E-state index is 12.8. The number of halogens is 1. The first-order chi connectivity index (χ1) is 13.9. The van der Waals surface area contributed by atoms with Crippen molar-refractivity contribution in [2.45, 2.75) is 12.8 Å². The minimum Gasteiger partial charge on any atom is -0.466 e. The number of hydrogen-bond acceptors (Lipinski definition) is 8. The van der Waals surface area contributed by atoms with Crippen molar-refractivity contribution >= 4 is 23.5 Å². The first kappa shape index (κ1) is 22.5. The Morgan fingerprint density at radius 2 is 1.79 bits per heavy atom. The Labute approximate surface area is 173 Å². The summed E-state index contributed by atoms with van der Waals surface area (Å²) in [6.07, 6.45) is 0. The summed E-state index contributed by atoms with van der Waals surface area (Å²) in [6.45, 7) is 1.80. The molecule has 1 unspecified atom stereocenters. The third kappa shape index (κ3) is 4.47. The lowest BCUT2D eigenvalue weighted by Crippen LogP contribution is -2.35. The Kier molecular flexibility index (Phi) is 7.89. The van der Waals surface area contributed by atoms with E-state index in [4.69, 9.17) is 31.5 Å². The number of allylic oxidation sites excluding steroid dienone is 1. The van der Waals surface area contributed by atoms with Crippen LogP contribution in [0.25, 0.3) is 0 Å². The van der Waals surface area contributed by atoms with Gasteiger partial charge in [0.1, 0.15) is 0 Å². The average molecular weight is 424 g/mol. The van der Waals surface area contributed by atoms with E-state index in [-0.39, 0.29) is 42.3 Å². The molecule has 1 atom stereocenters. The van der Waals surface area contributed by atoms with Crippen LogP contribution in [0.3, 0.4) is 0 Å². The summed E-state index contributed by atoms with van der Waals surface area (Å²) < 4.78 is 15.3. The largest absolute Gasteiger partial charge is 0.466 e. The molecule has 0 bridgehead atoms. The Bertz CT molecular complexity index is 867. The highest BCUT2D eigenvalue weighted by molar-refractivity contribution is 6.31. The van der Waals surface area contributed by atoms with Gasteiger partial charge in [0.2, 0.25) is 0 Å². The van der Waals surface area contributed by atoms with Crippen molar-refractivity contribution in [3.05, 3.63) is 62.3 Å². The van der Waals surface area contributed by atoms with E-state index in [9.17, 15) is 14.5 Å². The number of nitrogens with zero attached hydrogens (tertiary/aromatic N) is 2. The second-order valence-electron chi connectivity index (χ2n) is 6.03. The fourth-order valence-corrected chi connectivity index (χ4v) is 3.44. The van der Waals surface area contributed by atoms with Crippen molar-refractivity contribution in [3.63, 3.8) is 0 Å². The molecule has 2 N–H and O–H groups in total. The van der Waals surface area contributed by atoms with E-state index in [1.165, 1.54) is 21.1 Å². The Hall–Kier alpha value is -2.75. The molecule has 0 saturated carbocycles. The number of hydrogen-bond donors (Lipinski definition) is 1. The van der Waals surface area contributed by atoms with Gasteiger partial charge in [0.25, 0.3) is 0 Å². The van der Waals surface area contributed by atoms with Gasteiger partial charge in [-0.15, -0.1) is 4.91 Å². The minimum atomic E-state index is -0.946. The lowest BCUT2D eigenvalue weighted by Gasteiger charge is -2.34. The van der Waals surface area contributed by atoms with Crippen LogP contribution >= 0.6 is 11.6 Å². The van der Waals surface area contributed by atoms with Gasteiger partial charge in [0.15, 0.2) is 0 Å². The predicted octanol–water partition coefficient (Wildman–Crippen LogP) is 2.27. The molecule has 1 aromatic carbocycles. The second-order valence-corrected chi connectivity index (χ2v) is 6.44. The first-order valence-electron chi connectivity index (χ1n) is 8.68. The van der Waals surface area contributed by atoms with Crippen LogP contribution in [0, 0.1) is 4.91 Å². The maximum atomic E-state index is 12.8. The maximum Gasteiger partial charge on any atom is 0.336 e. The van der Waals surface area contributed by atoms with E-state index >= 15 is 0 Å². The molecule has 1 aromatic rings. The number of nitrogens with two attached hydrogens (primary N) is 1. The van der Waals surface area contributed by atoms with Crippen LogP contribution in [-0.2, 0) is 23.8 Å². The first-order valence-corrected chi connectivity index (χ1v) is 9.06. The van der Waals surface area contributed by atoms with Crippen molar-refractivity contribution < 1.29 is 23.8 Å². The predicted molar refractivity (Wildman–Crippen MR) is 105 cm³/mol. The van der Waals surface area contributed by atoms with Crippen molar-refractivity contribution in [2.75, 3.05) is 34.0 Å². The zero-order chi connectivity index (χ0) is 21.6. The van der Waals surface area contributed by atoms with Gasteiger partial charge in [-0.05, 0) is 18.6 Å². The molecule has 0 aliphatic carbocycles. The summed E-state index contributed by atoms with van der Waals surface area (Å²) in [4.78, 5) is 37.1. The highest BCUT2D eigenvalue weighted by Gasteiger charge is 2.43. The summed E-state index contributed by atoms with van der Waals surface area (Å²) in [5, 5.41) is 4.24. The molecule has 0 aromatic heterocycles. The van der Waals surface area contributed by atoms with Crippen LogP contribution in [0.1, 0.15) is 18.4 Å². The number of carbonyl (C=O) groups is 2. The molecule has 0 radical (unpaired) electrons. The molecule has 0 saturated heterocycles. The fourth-order valence-electron chi connectivity index (χ4n) is 3.19. The monoisotopic (exact) mass is 423 g/mol. The van der Waals surface area contributed by atoms with Gasteiger partial charge in [0.05, 0.1) is 61.2 Å². The molecule has 0 spiro atoms. The molecule has 0 fully saturated rings. The van der Waals surface area contributed by atoms with Gasteiger partial charge in [-0.2, -0.15) is 0 Å². The van der Waals surface area contributed by atoms with E-state index in [2.05, 4.69) is 5.29 Å². The molecule has 1 heterocycles. The molecule has 0 amide bonds. The SMILES string of the molecule is COC(=O)C1=C(C)N(N=O)C(COCCN)=C(C(=O)OC)C1c1ccccc1Cl. The van der Waals surface area contributed by atoms with Crippen molar-refractivity contribution in [1.29, 1.82) is 0 Å². The van der Waals surface area contributed by atoms with Gasteiger partial charge < -0.3 is 19.9 Å². The fraction of sp³-hybridized carbons (Fsp3) is 0.368. The van der Waals surface area contributed by atoms with Crippen LogP contribution in [0.4, 0.5) is 0 Å². The molecule has 156 valence electrons. The Morgan fingerprint density at radius 1 is 1.17 bits per heavy atom. The smallest absolute Gasteiger partial charge is 0.336 e. The zero-order valence-electron chi connectivity index (χ0n) is 16.3. The van der Waals surface area contributed by atoms with Gasteiger partial charge in [-0.25, -0.2) is 14.6 Å². The summed E-state index contributed by atoms with van der Waals surface area (Å²) >= 11 is 6.38. The summed E-state index contributed by atoms with van der Waals surface area (Å²) in [7, 11) is 2.39. The number of ether oxygens (including phenoxy) is 3. The number of rotatable bonds is 8. The van der Waals surface area contributed by atoms with E-state index in [1.54, 1.807) is 24.3 Å². The molecular formula is C19H22ClN3O6. The van der Waals surface area contributed by atoms with E-state index in [0.29, 0.717) is 10.6 Å². The van der Waals surface area contributed by atoms with Crippen LogP contribution < -0.4 is 5.73 Å². The number of carbonyl (C=O) groups excluding carboxylic acids is 2.